The predicted molar refractivity (Wildman–Crippen MR) is 231 cm³/mol. The van der Waals surface area contributed by atoms with Crippen LogP contribution in [0.1, 0.15) is 47.2 Å². The number of aromatic nitrogens is 2. The zero-order valence-electron chi connectivity index (χ0n) is 31.4. The van der Waals surface area contributed by atoms with Crippen LogP contribution in [-0.4, -0.2) is 9.97 Å². The molecule has 2 heteroatoms. The molecule has 0 saturated heterocycles. The van der Waals surface area contributed by atoms with Gasteiger partial charge in [0.05, 0.1) is 16.8 Å². The molecule has 2 nitrogen and oxygen atoms in total. The first kappa shape index (κ1) is 32.5. The third-order valence-electron chi connectivity index (χ3n) is 12.4. The van der Waals surface area contributed by atoms with Gasteiger partial charge in [0.15, 0.2) is 5.82 Å². The van der Waals surface area contributed by atoms with Crippen molar-refractivity contribution < 1.29 is 0 Å². The Balaban J connectivity index is 1.19. The zero-order valence-corrected chi connectivity index (χ0v) is 31.4. The maximum Gasteiger partial charge on any atom is 0.161 e. The second-order valence-electron chi connectivity index (χ2n) is 15.6. The van der Waals surface area contributed by atoms with Gasteiger partial charge in [-0.25, -0.2) is 9.97 Å². The van der Waals surface area contributed by atoms with Crippen LogP contribution in [0.5, 0.6) is 0 Å². The first-order valence-corrected chi connectivity index (χ1v) is 19.5. The largest absolute Gasteiger partial charge is 0.228 e. The minimum absolute atomic E-state index is 0.150. The first-order chi connectivity index (χ1) is 27.5. The molecule has 264 valence electrons. The number of benzene rings is 8. The molecule has 1 heterocycles. The Labute approximate surface area is 327 Å². The fraction of sp³-hybridized carbons (Fsp3) is 0.0741. The van der Waals surface area contributed by atoms with E-state index < -0.39 is 5.41 Å². The van der Waals surface area contributed by atoms with Gasteiger partial charge in [0.25, 0.3) is 0 Å². The quantitative estimate of drug-likeness (QED) is 0.181. The summed E-state index contributed by atoms with van der Waals surface area (Å²) >= 11 is 0. The minimum atomic E-state index is -0.467. The van der Waals surface area contributed by atoms with Gasteiger partial charge in [0, 0.05) is 22.1 Å². The van der Waals surface area contributed by atoms with Crippen LogP contribution < -0.4 is 0 Å². The van der Waals surface area contributed by atoms with Gasteiger partial charge in [0.1, 0.15) is 0 Å². The van der Waals surface area contributed by atoms with Crippen molar-refractivity contribution in [1.82, 2.24) is 9.97 Å². The highest BCUT2D eigenvalue weighted by Gasteiger charge is 2.53. The standard InChI is InChI=1S/C54H38N2/c1-53(2)44-29-12-14-31-46(44)54(47-32-15-13-30-45(47)53)43-28-11-10-25-42(43)51-40(27-17-33-48(51)54)38-23-8-9-24-41(38)52-55-49(36-19-4-3-5-20-36)34-50(56-52)39-26-16-21-35-18-6-7-22-37(35)39/h3-34H,1-2H3. The molecule has 0 bridgehead atoms. The van der Waals surface area contributed by atoms with Crippen molar-refractivity contribution >= 4 is 10.8 Å². The number of hydrogen-bond donors (Lipinski definition) is 0. The average Bonchev–Trinajstić information content (AvgIpc) is 3.57. The highest BCUT2D eigenvalue weighted by Crippen LogP contribution is 2.63. The van der Waals surface area contributed by atoms with Gasteiger partial charge in [-0.05, 0) is 72.5 Å². The highest BCUT2D eigenvalue weighted by atomic mass is 14.9. The van der Waals surface area contributed by atoms with Crippen LogP contribution in [0.4, 0.5) is 0 Å². The van der Waals surface area contributed by atoms with Gasteiger partial charge in [-0.3, -0.25) is 0 Å². The van der Waals surface area contributed by atoms with E-state index in [1.807, 2.05) is 0 Å². The van der Waals surface area contributed by atoms with Crippen LogP contribution >= 0.6 is 0 Å². The third-order valence-corrected chi connectivity index (χ3v) is 12.4. The Hall–Kier alpha value is -6.90. The van der Waals surface area contributed by atoms with E-state index in [1.165, 1.54) is 60.8 Å². The minimum Gasteiger partial charge on any atom is -0.228 e. The second kappa shape index (κ2) is 12.3. The Morgan fingerprint density at radius 2 is 0.857 bits per heavy atom. The van der Waals surface area contributed by atoms with E-state index in [0.717, 1.165) is 33.6 Å². The van der Waals surface area contributed by atoms with E-state index in [0.29, 0.717) is 5.82 Å². The maximum absolute atomic E-state index is 5.42. The monoisotopic (exact) mass is 714 g/mol. The van der Waals surface area contributed by atoms with Crippen molar-refractivity contribution in [3.63, 3.8) is 0 Å². The molecule has 2 aliphatic rings. The van der Waals surface area contributed by atoms with E-state index in [-0.39, 0.29) is 5.41 Å². The summed E-state index contributed by atoms with van der Waals surface area (Å²) in [5, 5.41) is 2.36. The molecule has 9 aromatic rings. The summed E-state index contributed by atoms with van der Waals surface area (Å²) in [6, 6.07) is 70.6. The molecular formula is C54H38N2. The van der Waals surface area contributed by atoms with Crippen molar-refractivity contribution in [2.24, 2.45) is 0 Å². The Morgan fingerprint density at radius 3 is 1.61 bits per heavy atom. The molecule has 0 amide bonds. The van der Waals surface area contributed by atoms with E-state index in [9.17, 15) is 0 Å². The smallest absolute Gasteiger partial charge is 0.161 e. The maximum atomic E-state index is 5.42. The molecule has 0 atom stereocenters. The third kappa shape index (κ3) is 4.56. The van der Waals surface area contributed by atoms with Crippen LogP contribution in [-0.2, 0) is 10.8 Å². The predicted octanol–water partition coefficient (Wildman–Crippen LogP) is 13.3. The van der Waals surface area contributed by atoms with Crippen LogP contribution in [0.3, 0.4) is 0 Å². The Morgan fingerprint density at radius 1 is 0.357 bits per heavy atom. The fourth-order valence-electron chi connectivity index (χ4n) is 9.96. The molecule has 2 aliphatic carbocycles. The fourth-order valence-corrected chi connectivity index (χ4v) is 9.96. The lowest BCUT2D eigenvalue weighted by atomic mass is 9.55. The van der Waals surface area contributed by atoms with Crippen molar-refractivity contribution in [2.75, 3.05) is 0 Å². The van der Waals surface area contributed by atoms with Gasteiger partial charge >= 0.3 is 0 Å². The highest BCUT2D eigenvalue weighted by molar-refractivity contribution is 6.00. The van der Waals surface area contributed by atoms with Crippen LogP contribution in [0.25, 0.3) is 66.9 Å². The van der Waals surface area contributed by atoms with Crippen LogP contribution in [0, 0.1) is 0 Å². The SMILES string of the molecule is CC1(C)c2ccccc2C2(c3ccccc3-c3c(-c4ccccc4-c4nc(-c5ccccc5)cc(-c5cccc6ccccc56)n4)cccc32)c2ccccc21. The second-order valence-corrected chi connectivity index (χ2v) is 15.6. The molecule has 0 saturated carbocycles. The summed E-state index contributed by atoms with van der Waals surface area (Å²) in [5.74, 6) is 0.707. The van der Waals surface area contributed by atoms with Gasteiger partial charge in [0.2, 0.25) is 0 Å². The summed E-state index contributed by atoms with van der Waals surface area (Å²) in [4.78, 5) is 10.8. The average molecular weight is 715 g/mol. The first-order valence-electron chi connectivity index (χ1n) is 19.5. The lowest BCUT2D eigenvalue weighted by molar-refractivity contribution is 0.563. The topological polar surface area (TPSA) is 25.8 Å². The van der Waals surface area contributed by atoms with Crippen molar-refractivity contribution in [3.8, 4) is 56.2 Å². The van der Waals surface area contributed by atoms with E-state index in [4.69, 9.17) is 9.97 Å². The van der Waals surface area contributed by atoms with E-state index in [2.05, 4.69) is 208 Å². The van der Waals surface area contributed by atoms with Crippen LogP contribution in [0.2, 0.25) is 0 Å². The van der Waals surface area contributed by atoms with Crippen molar-refractivity contribution in [3.05, 3.63) is 228 Å². The molecule has 0 fully saturated rings. The van der Waals surface area contributed by atoms with Gasteiger partial charge in [-0.15, -0.1) is 0 Å². The summed E-state index contributed by atoms with van der Waals surface area (Å²) in [6.45, 7) is 4.75. The molecule has 0 unspecified atom stereocenters. The lowest BCUT2D eigenvalue weighted by Gasteiger charge is -2.46. The molecule has 8 aromatic carbocycles. The van der Waals surface area contributed by atoms with E-state index >= 15 is 0 Å². The molecule has 11 rings (SSSR count). The van der Waals surface area contributed by atoms with Gasteiger partial charge < -0.3 is 0 Å². The molecule has 0 radical (unpaired) electrons. The summed E-state index contributed by atoms with van der Waals surface area (Å²) in [7, 11) is 0. The summed E-state index contributed by atoms with van der Waals surface area (Å²) < 4.78 is 0. The molecule has 0 aliphatic heterocycles. The molecular weight excluding hydrogens is 677 g/mol. The van der Waals surface area contributed by atoms with Crippen LogP contribution in [0.15, 0.2) is 194 Å². The lowest BCUT2D eigenvalue weighted by Crippen LogP contribution is -2.40. The summed E-state index contributed by atoms with van der Waals surface area (Å²) in [6.07, 6.45) is 0. The summed E-state index contributed by atoms with van der Waals surface area (Å²) in [5.41, 5.74) is 17.3. The molecule has 1 spiro atoms. The van der Waals surface area contributed by atoms with Crippen molar-refractivity contribution in [1.29, 1.82) is 0 Å². The number of rotatable bonds is 4. The van der Waals surface area contributed by atoms with Gasteiger partial charge in [-0.1, -0.05) is 202 Å². The van der Waals surface area contributed by atoms with Gasteiger partial charge in [-0.2, -0.15) is 0 Å². The molecule has 56 heavy (non-hydrogen) atoms. The number of nitrogens with zero attached hydrogens (tertiary/aromatic N) is 2. The Kier molecular flexibility index (Phi) is 7.15. The molecule has 1 aromatic heterocycles. The Bertz CT molecular complexity index is 2950. The number of hydrogen-bond acceptors (Lipinski definition) is 2. The normalized spacial score (nSPS) is 14.2. The van der Waals surface area contributed by atoms with Crippen molar-refractivity contribution in [2.45, 2.75) is 24.7 Å². The number of fused-ring (bicyclic) bond motifs is 10. The van der Waals surface area contributed by atoms with E-state index in [1.54, 1.807) is 0 Å². The zero-order chi connectivity index (χ0) is 37.4. The molecule has 0 N–H and O–H groups in total.